The van der Waals surface area contributed by atoms with E-state index in [4.69, 9.17) is 30.9 Å². The lowest BCUT2D eigenvalue weighted by Crippen LogP contribution is -2.08. The monoisotopic (exact) mass is 1950 g/mol. The number of ketones is 1. The minimum absolute atomic E-state index is 0.150. The number of carbonyl (C=O) groups excluding carboxylic acids is 1. The Balaban J connectivity index is 0.000000120. The molecular weight excluding hydrogens is 1830 g/mol. The number of hydrogen-bond acceptors (Lipinski definition) is 30. The Morgan fingerprint density at radius 2 is 0.616 bits per heavy atom. The summed E-state index contributed by atoms with van der Waals surface area (Å²) in [5.41, 5.74) is 17.9. The van der Waals surface area contributed by atoms with Gasteiger partial charge in [0.15, 0.2) is 29.1 Å². The number of aliphatic hydroxyl groups excluding tert-OH is 1. The first kappa shape index (κ1) is 98.8. The molecular formula is C111H119N33O2. The summed E-state index contributed by atoms with van der Waals surface area (Å²) in [5.74, 6) is 12.9. The topological polar surface area (TPSA) is 501 Å². The molecule has 35 nitrogen and oxygen atoms in total. The second-order valence-corrected chi connectivity index (χ2v) is 37.5. The van der Waals surface area contributed by atoms with Crippen LogP contribution in [0.15, 0.2) is 231 Å². The van der Waals surface area contributed by atoms with Crippen molar-refractivity contribution in [2.24, 2.45) is 0 Å². The van der Waals surface area contributed by atoms with Crippen LogP contribution in [0.5, 0.6) is 0 Å². The number of nitriles is 3. The number of anilines is 20. The second-order valence-electron chi connectivity index (χ2n) is 37.5. The molecule has 0 saturated heterocycles. The molecule has 0 spiro atoms. The molecule has 146 heavy (non-hydrogen) atoms. The summed E-state index contributed by atoms with van der Waals surface area (Å²) in [7, 11) is 0. The van der Waals surface area contributed by atoms with Gasteiger partial charge in [-0.3, -0.25) is 30.3 Å². The molecule has 5 aliphatic carbocycles. The number of aromatic amines is 5. The average molecular weight is 1950 g/mol. The van der Waals surface area contributed by atoms with E-state index in [9.17, 15) is 4.79 Å². The molecule has 0 amide bonds. The SMILES string of the molecule is CC(=O)Cc1ccc(Nc2nccc(Nc3cc(C4CCCC4)[nH]n3)n2)cc1.Cc1cc(Nc2cc(C3CCCCC3)[nH]n2)nc(Nc2ccc(CC#N)cc2)n1.N#CCc1ccc(Nc2nc(Nc3cc(C4CCC4)[nH]n3)c3ccccc3n2)cc1.N#CCc1ccc(Nc2nc(Nc3cc(C4CCCC4)[nH]n3)c3ccccc3n2)cc1.OCCc1ccc(Nc2nccc(Nc3cc(C4CCCCC4)[nH]n3)n2)cc1. The van der Waals surface area contributed by atoms with Gasteiger partial charge in [0.1, 0.15) is 34.9 Å². The number of benzene rings is 7. The third-order valence-electron chi connectivity index (χ3n) is 26.6. The van der Waals surface area contributed by atoms with E-state index in [2.05, 4.69) is 193 Å². The Bertz CT molecular complexity index is 7270. The van der Waals surface area contributed by atoms with Crippen LogP contribution in [-0.4, -0.2) is 118 Å². The summed E-state index contributed by atoms with van der Waals surface area (Å²) in [6, 6.07) is 77.0. The first-order chi connectivity index (χ1) is 71.7. The normalized spacial score (nSPS) is 14.1. The van der Waals surface area contributed by atoms with Crippen molar-refractivity contribution in [3.63, 3.8) is 0 Å². The molecule has 0 bridgehead atoms. The molecule has 0 aliphatic heterocycles. The van der Waals surface area contributed by atoms with Crippen molar-refractivity contribution in [1.29, 1.82) is 15.8 Å². The molecule has 17 aromatic rings. The van der Waals surface area contributed by atoms with Crippen molar-refractivity contribution in [3.05, 3.63) is 293 Å². The molecule has 740 valence electrons. The molecule has 16 N–H and O–H groups in total. The molecule has 35 heteroatoms. The van der Waals surface area contributed by atoms with Crippen LogP contribution in [-0.2, 0) is 36.9 Å². The highest BCUT2D eigenvalue weighted by molar-refractivity contribution is 5.93. The predicted octanol–water partition coefficient (Wildman–Crippen LogP) is 24.6. The Hall–Kier alpha value is -17.4. The summed E-state index contributed by atoms with van der Waals surface area (Å²) in [6.07, 6.45) is 32.3. The van der Waals surface area contributed by atoms with Crippen molar-refractivity contribution in [2.75, 3.05) is 59.8 Å². The van der Waals surface area contributed by atoms with E-state index in [0.717, 1.165) is 113 Å². The van der Waals surface area contributed by atoms with Crippen LogP contribution in [0.1, 0.15) is 233 Å². The van der Waals surface area contributed by atoms with Gasteiger partial charge in [0.05, 0.1) is 48.5 Å². The van der Waals surface area contributed by atoms with Gasteiger partial charge in [0.25, 0.3) is 0 Å². The fourth-order valence-corrected chi connectivity index (χ4v) is 18.7. The largest absolute Gasteiger partial charge is 0.396 e. The van der Waals surface area contributed by atoms with E-state index in [1.54, 1.807) is 19.3 Å². The van der Waals surface area contributed by atoms with Crippen LogP contribution >= 0.6 is 0 Å². The van der Waals surface area contributed by atoms with E-state index in [1.165, 1.54) is 163 Å². The number of aromatic nitrogens is 20. The molecule has 0 atom stereocenters. The predicted molar refractivity (Wildman–Crippen MR) is 572 cm³/mol. The van der Waals surface area contributed by atoms with Gasteiger partial charge in [-0.05, 0) is 209 Å². The van der Waals surface area contributed by atoms with Gasteiger partial charge in [0, 0.05) is 165 Å². The zero-order chi connectivity index (χ0) is 100.0. The summed E-state index contributed by atoms with van der Waals surface area (Å²) < 4.78 is 0. The maximum absolute atomic E-state index is 11.2. The maximum atomic E-state index is 11.2. The third-order valence-corrected chi connectivity index (χ3v) is 26.6. The number of fused-ring (bicyclic) bond motifs is 2. The van der Waals surface area contributed by atoms with Gasteiger partial charge >= 0.3 is 0 Å². The van der Waals surface area contributed by atoms with Crippen molar-refractivity contribution < 1.29 is 9.90 Å². The summed E-state index contributed by atoms with van der Waals surface area (Å²) in [5, 5.41) is 108. The molecule has 5 aliphatic rings. The lowest BCUT2D eigenvalue weighted by molar-refractivity contribution is -0.116. The molecule has 5 fully saturated rings. The van der Waals surface area contributed by atoms with Crippen LogP contribution in [0.2, 0.25) is 0 Å². The van der Waals surface area contributed by atoms with Crippen LogP contribution in [0.25, 0.3) is 21.8 Å². The average Bonchev–Trinajstić information content (AvgIpc) is 1.14. The standard InChI is InChI=1S/C24H23N7.C23H21N7.C22H25N7.C21H24N6O.C21H26N6O/c25-14-13-16-9-11-18(12-10-16)26-24-27-20-8-4-3-7-19(20)23(29-24)28-22-15-21(30-31-22)17-5-1-2-6-17;24-13-12-15-8-10-17(11-9-15)25-23-26-19-7-2-1-6-18(19)22(28-23)27-21-14-20(29-30-21)16-4-3-5-16;1-15-13-20(26-21-14-19(28-29-21)17-5-3-2-4-6-17)27-22(24-15)25-18-9-7-16(8-10-18)11-12-23;1-14(28)12-15-6-8-17(9-7-15)23-21-22-11-10-19(25-21)24-20-13-18(26-27-20)16-4-2-3-5-16;28-13-11-15-6-8-17(9-7-15)23-21-22-12-10-19(25-21)24-20-14-18(26-27-20)16-4-2-1-3-5-16/h3-4,7-12,15,17H,1-2,5-6,13H2,(H3,26,27,28,29,30,31);1-2,6-11,14,16H,3-5,12H2,(H3,25,26,27,28,29,30);7-10,13-14,17H,2-6,11H2,1H3,(H3,24,25,26,27,28,29);6-11,13,16H,2-5,12H2,1H3,(H3,22,23,24,25,26,27);6-10,12,14,16,28H,1-5,11,13H2,(H3,22,23,24,25,26,27). The van der Waals surface area contributed by atoms with Crippen LogP contribution in [0.3, 0.4) is 0 Å². The summed E-state index contributed by atoms with van der Waals surface area (Å²) >= 11 is 0. The van der Waals surface area contributed by atoms with Gasteiger partial charge in [-0.25, -0.2) is 24.9 Å². The Morgan fingerprint density at radius 1 is 0.315 bits per heavy atom. The molecule has 5 saturated carbocycles. The number of rotatable bonds is 32. The number of aliphatic hydroxyl groups is 1. The number of hydrogen-bond donors (Lipinski definition) is 16. The number of carbonyl (C=O) groups is 1. The molecule has 10 heterocycles. The molecule has 0 unspecified atom stereocenters. The van der Waals surface area contributed by atoms with Crippen molar-refractivity contribution in [2.45, 2.75) is 210 Å². The number of nitrogens with one attached hydrogen (secondary N) is 15. The molecule has 0 radical (unpaired) electrons. The lowest BCUT2D eigenvalue weighted by Gasteiger charge is -2.23. The minimum atomic E-state index is 0.150. The van der Waals surface area contributed by atoms with E-state index < -0.39 is 0 Å². The van der Waals surface area contributed by atoms with Crippen molar-refractivity contribution >= 4 is 144 Å². The lowest BCUT2D eigenvalue weighted by atomic mass is 9.83. The van der Waals surface area contributed by atoms with Crippen LogP contribution in [0.4, 0.5) is 116 Å². The van der Waals surface area contributed by atoms with Crippen molar-refractivity contribution in [1.82, 2.24) is 101 Å². The number of nitrogens with zero attached hydrogens (tertiary/aromatic N) is 18. The van der Waals surface area contributed by atoms with Gasteiger partial charge < -0.3 is 58.3 Å². The van der Waals surface area contributed by atoms with Crippen LogP contribution in [0, 0.1) is 40.9 Å². The van der Waals surface area contributed by atoms with Gasteiger partial charge in [0.2, 0.25) is 29.7 Å². The highest BCUT2D eigenvalue weighted by Gasteiger charge is 2.26. The number of Topliss-reactive ketones (excluding diaryl/α,β-unsaturated/α-hetero) is 1. The fourth-order valence-electron chi connectivity index (χ4n) is 18.7. The second kappa shape index (κ2) is 49.3. The summed E-state index contributed by atoms with van der Waals surface area (Å²) in [6.45, 7) is 3.68. The molecule has 10 aromatic heterocycles. The van der Waals surface area contributed by atoms with E-state index in [-0.39, 0.29) is 12.4 Å². The number of H-pyrrole nitrogens is 5. The highest BCUT2D eigenvalue weighted by Crippen LogP contribution is 2.41. The van der Waals surface area contributed by atoms with Crippen molar-refractivity contribution in [3.8, 4) is 18.2 Å². The van der Waals surface area contributed by atoms with E-state index in [0.29, 0.717) is 121 Å². The Kier molecular flexibility index (Phi) is 33.4. The van der Waals surface area contributed by atoms with E-state index in [1.807, 2.05) is 195 Å². The fraction of sp³-hybridized carbons (Fsp3) is 0.306. The smallest absolute Gasteiger partial charge is 0.229 e. The Morgan fingerprint density at radius 3 is 0.952 bits per heavy atom. The quantitative estimate of drug-likeness (QED) is 0.0186. The van der Waals surface area contributed by atoms with Gasteiger partial charge in [-0.2, -0.15) is 66.2 Å². The maximum Gasteiger partial charge on any atom is 0.229 e. The van der Waals surface area contributed by atoms with Gasteiger partial charge in [-0.1, -0.05) is 156 Å². The summed E-state index contributed by atoms with van der Waals surface area (Å²) in [4.78, 5) is 56.5. The zero-order valence-corrected chi connectivity index (χ0v) is 81.8. The third kappa shape index (κ3) is 27.9. The number of para-hydroxylation sites is 2. The first-order valence-electron chi connectivity index (χ1n) is 50.4. The molecule has 7 aromatic carbocycles. The highest BCUT2D eigenvalue weighted by atomic mass is 16.3. The number of aryl methyl sites for hydroxylation is 1. The first-order valence-corrected chi connectivity index (χ1v) is 50.4. The van der Waals surface area contributed by atoms with Crippen LogP contribution < -0.4 is 53.2 Å². The minimum Gasteiger partial charge on any atom is -0.396 e. The van der Waals surface area contributed by atoms with E-state index >= 15 is 0 Å². The zero-order valence-electron chi connectivity index (χ0n) is 81.8. The Labute approximate surface area is 846 Å². The van der Waals surface area contributed by atoms with Gasteiger partial charge in [-0.15, -0.1) is 0 Å². The molecule has 22 rings (SSSR count).